The van der Waals surface area contributed by atoms with E-state index in [1.165, 1.54) is 99.8 Å². The van der Waals surface area contributed by atoms with Crippen LogP contribution in [0.3, 0.4) is 0 Å². The van der Waals surface area contributed by atoms with Crippen molar-refractivity contribution < 1.29 is 49.5 Å². The Kier molecular flexibility index (Phi) is 10.7. The van der Waals surface area contributed by atoms with Crippen LogP contribution in [0.1, 0.15) is 77.6 Å². The first-order valence-electron chi connectivity index (χ1n) is 14.8. The molecule has 4 aromatic rings. The molecule has 0 bridgehead atoms. The predicted octanol–water partition coefficient (Wildman–Crippen LogP) is 2.11. The van der Waals surface area contributed by atoms with E-state index in [1.807, 2.05) is 0 Å². The fourth-order valence-corrected chi connectivity index (χ4v) is 8.04. The number of rotatable bonds is 7. The number of allylic oxidation sites excluding steroid dienone is 4. The molecule has 0 unspecified atom stereocenters. The van der Waals surface area contributed by atoms with Crippen LogP contribution in [-0.4, -0.2) is 0 Å². The molecule has 0 aromatic heterocycles. The zero-order valence-electron chi connectivity index (χ0n) is 25.0. The van der Waals surface area contributed by atoms with E-state index in [0.29, 0.717) is 0 Å². The van der Waals surface area contributed by atoms with Crippen molar-refractivity contribution in [2.24, 2.45) is 0 Å². The van der Waals surface area contributed by atoms with Crippen molar-refractivity contribution in [3.63, 3.8) is 0 Å². The fourth-order valence-electron chi connectivity index (χ4n) is 6.94. The summed E-state index contributed by atoms with van der Waals surface area (Å²) in [6, 6.07) is 27.0. The summed E-state index contributed by atoms with van der Waals surface area (Å²) in [5.74, 6) is 0. The molecule has 0 amide bonds. The van der Waals surface area contributed by atoms with Crippen molar-refractivity contribution in [2.45, 2.75) is 59.8 Å². The molecule has 2 aliphatic carbocycles. The fraction of sp³-hybridized carbons (Fsp3) is 0.231. The first-order chi connectivity index (χ1) is 19.5. The van der Waals surface area contributed by atoms with Crippen LogP contribution in [0.5, 0.6) is 0 Å². The largest absolute Gasteiger partial charge is 1.00 e. The third-order valence-electron chi connectivity index (χ3n) is 8.53. The van der Waals surface area contributed by atoms with Crippen LogP contribution in [0.4, 0.5) is 0 Å². The van der Waals surface area contributed by atoms with E-state index in [1.54, 1.807) is 11.1 Å². The zero-order valence-corrected chi connectivity index (χ0v) is 28.9. The van der Waals surface area contributed by atoms with Gasteiger partial charge in [-0.2, -0.15) is 0 Å². The van der Waals surface area contributed by atoms with Crippen LogP contribution in [0.2, 0.25) is 0 Å². The van der Waals surface area contributed by atoms with Crippen LogP contribution in [0, 0.1) is 24.3 Å². The standard InChI is InChI=1S/C39H37.2ClH.Zr/c1-5-15-32-27(4)36(28-21-13-14-22-28)35-25-31-23-26(3)24-34(38(31)39(35)33(32)16-6-2)37(29-17-9-7-10-18-29)30-19-11-8-12-20-30;;;/h7-14,17-21,23-24H,5-6,15-16,22H2,1-4H3;2*1H;/q;;;+2/p-2. The average Bonchev–Trinajstić information content (AvgIpc) is 3.60. The maximum atomic E-state index is 2.46. The van der Waals surface area contributed by atoms with Gasteiger partial charge in [0.15, 0.2) is 0 Å². The quantitative estimate of drug-likeness (QED) is 0.284. The minimum absolute atomic E-state index is 0. The molecule has 0 saturated carbocycles. The molecule has 0 nitrogen and oxygen atoms in total. The molecular weight excluding hydrogens is 631 g/mol. The SMILES string of the molecule is CCCc1c(C)c(C2=CC=CC2)c2c(c1CCC)=c1c(cc(C)cc1=C(c1ccccc1)c1ccccc1)[C]=2[Zr+2].[Cl-].[Cl-]. The maximum Gasteiger partial charge on any atom is -1.00 e. The first-order valence-corrected chi connectivity index (χ1v) is 16.0. The third kappa shape index (κ3) is 5.62. The van der Waals surface area contributed by atoms with Gasteiger partial charge in [-0.05, 0) is 0 Å². The summed E-state index contributed by atoms with van der Waals surface area (Å²) < 4.78 is 1.52. The molecule has 3 heteroatoms. The van der Waals surface area contributed by atoms with Gasteiger partial charge in [0, 0.05) is 0 Å². The zero-order chi connectivity index (χ0) is 27.8. The van der Waals surface area contributed by atoms with E-state index in [2.05, 4.69) is 119 Å². The minimum Gasteiger partial charge on any atom is -1.00 e. The third-order valence-corrected chi connectivity index (χ3v) is 9.81. The van der Waals surface area contributed by atoms with Crippen LogP contribution in [0.25, 0.3) is 14.4 Å². The molecule has 42 heavy (non-hydrogen) atoms. The molecule has 0 N–H and O–H groups in total. The summed E-state index contributed by atoms with van der Waals surface area (Å²) >= 11 is 1.50. The Morgan fingerprint density at radius 3 is 1.88 bits per heavy atom. The molecule has 0 aliphatic heterocycles. The number of aryl methyl sites for hydroxylation is 1. The van der Waals surface area contributed by atoms with Crippen molar-refractivity contribution in [3.05, 3.63) is 156 Å². The van der Waals surface area contributed by atoms with E-state index >= 15 is 0 Å². The van der Waals surface area contributed by atoms with E-state index < -0.39 is 0 Å². The Labute approximate surface area is 278 Å². The predicted molar refractivity (Wildman–Crippen MR) is 166 cm³/mol. The first kappa shape index (κ1) is 32.5. The van der Waals surface area contributed by atoms with Gasteiger partial charge in [0.25, 0.3) is 0 Å². The molecule has 0 saturated heterocycles. The van der Waals surface area contributed by atoms with Gasteiger partial charge in [-0.25, -0.2) is 0 Å². The molecule has 6 rings (SSSR count). The normalized spacial score (nSPS) is 12.8. The van der Waals surface area contributed by atoms with Crippen molar-refractivity contribution in [2.75, 3.05) is 0 Å². The van der Waals surface area contributed by atoms with Gasteiger partial charge in [0.2, 0.25) is 0 Å². The summed E-state index contributed by atoms with van der Waals surface area (Å²) in [5, 5.41) is 5.89. The van der Waals surface area contributed by atoms with Gasteiger partial charge in [-0.3, -0.25) is 0 Å². The van der Waals surface area contributed by atoms with Crippen LogP contribution in [0.15, 0.2) is 91.0 Å². The molecule has 0 fully saturated rings. The Balaban J connectivity index is 0.00000202. The second kappa shape index (κ2) is 13.9. The Bertz CT molecular complexity index is 1860. The van der Waals surface area contributed by atoms with Gasteiger partial charge < -0.3 is 24.8 Å². The van der Waals surface area contributed by atoms with Crippen LogP contribution in [-0.2, 0) is 37.6 Å². The second-order valence-corrected chi connectivity index (χ2v) is 12.5. The molecule has 0 atom stereocenters. The Morgan fingerprint density at radius 1 is 0.738 bits per heavy atom. The number of hydrogen-bond donors (Lipinski definition) is 0. The van der Waals surface area contributed by atoms with Gasteiger partial charge in [-0.15, -0.1) is 0 Å². The average molecular weight is 668 g/mol. The molecule has 4 aromatic carbocycles. The van der Waals surface area contributed by atoms with E-state index in [0.717, 1.165) is 25.7 Å². The Hall–Kier alpha value is -2.44. The minimum atomic E-state index is 0. The monoisotopic (exact) mass is 665 g/mol. The molecule has 0 spiro atoms. The van der Waals surface area contributed by atoms with E-state index in [-0.39, 0.29) is 24.8 Å². The van der Waals surface area contributed by atoms with Crippen molar-refractivity contribution >= 4 is 14.4 Å². The number of halogens is 2. The summed E-state index contributed by atoms with van der Waals surface area (Å²) in [4.78, 5) is 0. The number of fused-ring (bicyclic) bond motifs is 2. The van der Waals surface area contributed by atoms with E-state index in [4.69, 9.17) is 0 Å². The molecule has 2 aliphatic rings. The summed E-state index contributed by atoms with van der Waals surface area (Å²) in [6.07, 6.45) is 12.5. The summed E-state index contributed by atoms with van der Waals surface area (Å²) in [7, 11) is 0. The second-order valence-electron chi connectivity index (χ2n) is 11.2. The summed E-state index contributed by atoms with van der Waals surface area (Å²) in [6.45, 7) is 9.35. The van der Waals surface area contributed by atoms with Crippen LogP contribution < -0.4 is 35.3 Å². The van der Waals surface area contributed by atoms with Gasteiger partial charge >= 0.3 is 255 Å². The van der Waals surface area contributed by atoms with Crippen molar-refractivity contribution in [3.8, 4) is 0 Å². The van der Waals surface area contributed by atoms with Gasteiger partial charge in [0.05, 0.1) is 0 Å². The number of benzene rings is 4. The topological polar surface area (TPSA) is 0 Å². The molecule has 0 radical (unpaired) electrons. The molecule has 211 valence electrons. The Morgan fingerprint density at radius 2 is 1.33 bits per heavy atom. The smallest absolute Gasteiger partial charge is 1.00 e. The number of hydrogen-bond acceptors (Lipinski definition) is 0. The van der Waals surface area contributed by atoms with Gasteiger partial charge in [0.1, 0.15) is 0 Å². The van der Waals surface area contributed by atoms with E-state index in [9.17, 15) is 0 Å². The molecular formula is C39H37Cl2Zr. The van der Waals surface area contributed by atoms with Gasteiger partial charge in [-0.1, -0.05) is 0 Å². The van der Waals surface area contributed by atoms with Crippen LogP contribution >= 0.6 is 0 Å². The van der Waals surface area contributed by atoms with Crippen molar-refractivity contribution in [1.29, 1.82) is 0 Å². The van der Waals surface area contributed by atoms with Crippen molar-refractivity contribution in [1.82, 2.24) is 0 Å². The maximum absolute atomic E-state index is 2.46. The molecule has 0 heterocycles. The summed E-state index contributed by atoms with van der Waals surface area (Å²) in [5.41, 5.74) is 14.4.